The number of likely N-dealkylation sites (tertiary alicyclic amines) is 1. The number of nitrogens with one attached hydrogen (secondary N) is 1. The van der Waals surface area contributed by atoms with Gasteiger partial charge >= 0.3 is 0 Å². The van der Waals surface area contributed by atoms with Crippen molar-refractivity contribution in [2.24, 2.45) is 11.8 Å². The van der Waals surface area contributed by atoms with Crippen LogP contribution in [0.3, 0.4) is 0 Å². The Bertz CT molecular complexity index is 511. The van der Waals surface area contributed by atoms with Crippen LogP contribution >= 0.6 is 12.4 Å². The highest BCUT2D eigenvalue weighted by Crippen LogP contribution is 2.32. The first-order valence-electron chi connectivity index (χ1n) is 9.14. The van der Waals surface area contributed by atoms with Crippen molar-refractivity contribution in [1.29, 1.82) is 0 Å². The molecule has 0 aliphatic carbocycles. The Morgan fingerprint density at radius 3 is 2.62 bits per heavy atom. The van der Waals surface area contributed by atoms with Crippen LogP contribution < -0.4 is 5.32 Å². The van der Waals surface area contributed by atoms with Crippen LogP contribution in [0.2, 0.25) is 0 Å². The van der Waals surface area contributed by atoms with Crippen LogP contribution in [0.15, 0.2) is 18.5 Å². The van der Waals surface area contributed by atoms with Crippen LogP contribution in [0.1, 0.15) is 46.0 Å². The molecule has 1 atom stereocenters. The maximum absolute atomic E-state index is 13.4. The summed E-state index contributed by atoms with van der Waals surface area (Å²) in [7, 11) is 0. The van der Waals surface area contributed by atoms with E-state index in [4.69, 9.17) is 0 Å². The fourth-order valence-electron chi connectivity index (χ4n) is 4.19. The maximum atomic E-state index is 13.4. The van der Waals surface area contributed by atoms with Gasteiger partial charge in [0.25, 0.3) is 5.91 Å². The largest absolute Gasteiger partial charge is 0.341 e. The molecule has 2 aliphatic heterocycles. The minimum atomic E-state index is -0.480. The molecular weight excluding hydrogens is 324 g/mol. The second-order valence-electron chi connectivity index (χ2n) is 7.46. The topological polar surface area (TPSA) is 50.2 Å². The van der Waals surface area contributed by atoms with Gasteiger partial charge in [0.15, 0.2) is 0 Å². The zero-order valence-corrected chi connectivity index (χ0v) is 15.7. The highest BCUT2D eigenvalue weighted by molar-refractivity contribution is 5.85. The Balaban J connectivity index is 0.00000208. The van der Waals surface area contributed by atoms with Crippen molar-refractivity contribution in [3.05, 3.63) is 18.5 Å². The smallest absolute Gasteiger partial charge is 0.250 e. The maximum Gasteiger partial charge on any atom is 0.250 e. The number of rotatable bonds is 3. The molecule has 1 aromatic rings. The molecule has 0 radical (unpaired) electrons. The molecule has 0 bridgehead atoms. The number of carbonyl (C=O) groups excluding carboxylic acids is 1. The number of hydrogen-bond donors (Lipinski definition) is 1. The molecule has 0 saturated carbocycles. The average molecular weight is 355 g/mol. The third-order valence-electron chi connectivity index (χ3n) is 5.77. The molecule has 2 aliphatic rings. The Hall–Kier alpha value is -1.07. The highest BCUT2D eigenvalue weighted by Gasteiger charge is 2.44. The van der Waals surface area contributed by atoms with Gasteiger partial charge in [-0.2, -0.15) is 5.10 Å². The van der Waals surface area contributed by atoms with Gasteiger partial charge in [-0.1, -0.05) is 13.8 Å². The highest BCUT2D eigenvalue weighted by atomic mass is 35.5. The first kappa shape index (κ1) is 19.3. The first-order chi connectivity index (χ1) is 11.1. The summed E-state index contributed by atoms with van der Waals surface area (Å²) in [5.74, 6) is 1.75. The Labute approximate surface area is 151 Å². The van der Waals surface area contributed by atoms with Gasteiger partial charge in [0.05, 0.1) is 0 Å². The Morgan fingerprint density at radius 1 is 1.25 bits per heavy atom. The number of aromatic nitrogens is 2. The summed E-state index contributed by atoms with van der Waals surface area (Å²) in [6, 6.07) is 1.92. The average Bonchev–Trinajstić information content (AvgIpc) is 2.99. The van der Waals surface area contributed by atoms with E-state index in [0.717, 1.165) is 57.8 Å². The number of hydrogen-bond acceptors (Lipinski definition) is 3. The van der Waals surface area contributed by atoms with E-state index in [1.54, 1.807) is 6.20 Å². The molecule has 3 heterocycles. The molecule has 5 nitrogen and oxygen atoms in total. The lowest BCUT2D eigenvalue weighted by Crippen LogP contribution is -2.56. The van der Waals surface area contributed by atoms with E-state index < -0.39 is 5.54 Å². The van der Waals surface area contributed by atoms with Gasteiger partial charge in [0.2, 0.25) is 0 Å². The molecule has 136 valence electrons. The minimum Gasteiger partial charge on any atom is -0.341 e. The van der Waals surface area contributed by atoms with Crippen LogP contribution in [0.25, 0.3) is 0 Å². The summed E-state index contributed by atoms with van der Waals surface area (Å²) in [6.45, 7) is 8.18. The second kappa shape index (κ2) is 8.34. The van der Waals surface area contributed by atoms with Crippen molar-refractivity contribution in [3.8, 4) is 0 Å². The number of halogens is 1. The summed E-state index contributed by atoms with van der Waals surface area (Å²) in [4.78, 5) is 15.6. The van der Waals surface area contributed by atoms with Gasteiger partial charge < -0.3 is 10.2 Å². The SMILES string of the molecule is CC(C)C1CCCN(C(=O)C2(n3cccn3)CCNCC2)CC1.Cl. The van der Waals surface area contributed by atoms with E-state index in [9.17, 15) is 4.79 Å². The molecule has 2 fully saturated rings. The summed E-state index contributed by atoms with van der Waals surface area (Å²) >= 11 is 0. The predicted molar refractivity (Wildman–Crippen MR) is 98.3 cm³/mol. The monoisotopic (exact) mass is 354 g/mol. The summed E-state index contributed by atoms with van der Waals surface area (Å²) in [6.07, 6.45) is 8.91. The van der Waals surface area contributed by atoms with Gasteiger partial charge in [0, 0.05) is 25.5 Å². The molecule has 1 amide bonds. The molecule has 6 heteroatoms. The lowest BCUT2D eigenvalue weighted by atomic mass is 9.86. The van der Waals surface area contributed by atoms with E-state index in [-0.39, 0.29) is 18.3 Å². The van der Waals surface area contributed by atoms with Crippen LogP contribution in [0.4, 0.5) is 0 Å². The van der Waals surface area contributed by atoms with E-state index in [1.807, 2.05) is 16.9 Å². The fourth-order valence-corrected chi connectivity index (χ4v) is 4.19. The van der Waals surface area contributed by atoms with Gasteiger partial charge in [-0.05, 0) is 63.1 Å². The van der Waals surface area contributed by atoms with Gasteiger partial charge in [0.1, 0.15) is 5.54 Å². The molecule has 0 aromatic carbocycles. The lowest BCUT2D eigenvalue weighted by Gasteiger charge is -2.40. The Morgan fingerprint density at radius 2 is 2.00 bits per heavy atom. The van der Waals surface area contributed by atoms with Crippen molar-refractivity contribution in [1.82, 2.24) is 20.0 Å². The van der Waals surface area contributed by atoms with E-state index in [2.05, 4.69) is 29.2 Å². The van der Waals surface area contributed by atoms with Crippen LogP contribution in [0, 0.1) is 11.8 Å². The van der Waals surface area contributed by atoms with E-state index in [0.29, 0.717) is 5.92 Å². The number of amides is 1. The number of nitrogens with zero attached hydrogens (tertiary/aromatic N) is 3. The molecule has 3 rings (SSSR count). The lowest BCUT2D eigenvalue weighted by molar-refractivity contribution is -0.143. The zero-order valence-electron chi connectivity index (χ0n) is 14.9. The van der Waals surface area contributed by atoms with Gasteiger partial charge in [-0.25, -0.2) is 0 Å². The van der Waals surface area contributed by atoms with E-state index >= 15 is 0 Å². The summed E-state index contributed by atoms with van der Waals surface area (Å²) in [5, 5.41) is 7.82. The molecular formula is C18H31ClN4O. The normalized spacial score (nSPS) is 24.3. The third-order valence-corrected chi connectivity index (χ3v) is 5.77. The fraction of sp³-hybridized carbons (Fsp3) is 0.778. The van der Waals surface area contributed by atoms with Crippen molar-refractivity contribution in [2.45, 2.75) is 51.5 Å². The standard InChI is InChI=1S/C18H30N4O.ClH/c1-15(2)16-5-3-12-21(14-6-16)17(23)18(7-10-19-11-8-18)22-13-4-9-20-22;/h4,9,13,15-16,19H,3,5-8,10-12,14H2,1-2H3;1H. The number of carbonyl (C=O) groups is 1. The summed E-state index contributed by atoms with van der Waals surface area (Å²) in [5.41, 5.74) is -0.480. The first-order valence-corrected chi connectivity index (χ1v) is 9.14. The molecule has 1 N–H and O–H groups in total. The predicted octanol–water partition coefficient (Wildman–Crippen LogP) is 2.67. The molecule has 0 spiro atoms. The number of piperidine rings is 1. The summed E-state index contributed by atoms with van der Waals surface area (Å²) < 4.78 is 1.92. The van der Waals surface area contributed by atoms with Gasteiger partial charge in [-0.15, -0.1) is 12.4 Å². The van der Waals surface area contributed by atoms with Crippen molar-refractivity contribution >= 4 is 18.3 Å². The molecule has 1 unspecified atom stereocenters. The van der Waals surface area contributed by atoms with Crippen LogP contribution in [-0.2, 0) is 10.3 Å². The second-order valence-corrected chi connectivity index (χ2v) is 7.46. The third kappa shape index (κ3) is 3.77. The van der Waals surface area contributed by atoms with Crippen LogP contribution in [-0.4, -0.2) is 46.8 Å². The van der Waals surface area contributed by atoms with Crippen molar-refractivity contribution in [3.63, 3.8) is 0 Å². The molecule has 1 aromatic heterocycles. The van der Waals surface area contributed by atoms with Crippen molar-refractivity contribution < 1.29 is 4.79 Å². The quantitative estimate of drug-likeness (QED) is 0.907. The van der Waals surface area contributed by atoms with E-state index in [1.165, 1.54) is 6.42 Å². The molecule has 2 saturated heterocycles. The van der Waals surface area contributed by atoms with Gasteiger partial charge in [-0.3, -0.25) is 9.48 Å². The minimum absolute atomic E-state index is 0. The van der Waals surface area contributed by atoms with Crippen molar-refractivity contribution in [2.75, 3.05) is 26.2 Å². The Kier molecular flexibility index (Phi) is 6.70. The molecule has 24 heavy (non-hydrogen) atoms. The van der Waals surface area contributed by atoms with Crippen LogP contribution in [0.5, 0.6) is 0 Å². The zero-order chi connectivity index (χ0) is 16.3.